The van der Waals surface area contributed by atoms with Gasteiger partial charge in [0.15, 0.2) is 0 Å². The molecular formula is C31H38N4O3. The Morgan fingerprint density at radius 1 is 1.03 bits per heavy atom. The summed E-state index contributed by atoms with van der Waals surface area (Å²) in [5.74, 6) is 0.111. The first-order chi connectivity index (χ1) is 18.3. The number of aliphatic hydroxyl groups is 1. The SMILES string of the molecule is CC(C)c1cccc(N(C)C[C@@H](O)[C@H](Cc2ccccc2)NC(=O)[C@@H]2CN(Cc3ccccc3)C(=O)N2)c1. The number of benzene rings is 3. The summed E-state index contributed by atoms with van der Waals surface area (Å²) < 4.78 is 0. The molecule has 0 radical (unpaired) electrons. The molecule has 0 saturated carbocycles. The van der Waals surface area contributed by atoms with E-state index >= 15 is 0 Å². The molecular weight excluding hydrogens is 476 g/mol. The lowest BCUT2D eigenvalue weighted by atomic mass is 9.99. The van der Waals surface area contributed by atoms with Crippen molar-refractivity contribution in [3.05, 3.63) is 102 Å². The molecule has 1 fully saturated rings. The first-order valence-corrected chi connectivity index (χ1v) is 13.2. The Hall–Kier alpha value is -3.84. The molecule has 7 heteroatoms. The number of amides is 3. The van der Waals surface area contributed by atoms with Crippen LogP contribution in [0.5, 0.6) is 0 Å². The van der Waals surface area contributed by atoms with Crippen molar-refractivity contribution in [1.29, 1.82) is 0 Å². The molecule has 0 unspecified atom stereocenters. The third kappa shape index (κ3) is 7.13. The average Bonchev–Trinajstić information content (AvgIpc) is 3.29. The van der Waals surface area contributed by atoms with Crippen molar-refractivity contribution in [3.8, 4) is 0 Å². The van der Waals surface area contributed by atoms with Crippen LogP contribution in [0.15, 0.2) is 84.9 Å². The first kappa shape index (κ1) is 27.2. The first-order valence-electron chi connectivity index (χ1n) is 13.2. The summed E-state index contributed by atoms with van der Waals surface area (Å²) in [6.45, 7) is 5.36. The number of rotatable bonds is 11. The molecule has 0 aromatic heterocycles. The van der Waals surface area contributed by atoms with Crippen LogP contribution in [0.25, 0.3) is 0 Å². The summed E-state index contributed by atoms with van der Waals surface area (Å²) in [5, 5.41) is 17.2. The van der Waals surface area contributed by atoms with E-state index in [1.54, 1.807) is 4.90 Å². The van der Waals surface area contributed by atoms with E-state index < -0.39 is 18.2 Å². The monoisotopic (exact) mass is 514 g/mol. The fourth-order valence-electron chi connectivity index (χ4n) is 4.75. The highest BCUT2D eigenvalue weighted by molar-refractivity contribution is 5.90. The summed E-state index contributed by atoms with van der Waals surface area (Å²) in [6, 6.07) is 26.3. The Morgan fingerprint density at radius 3 is 2.34 bits per heavy atom. The van der Waals surface area contributed by atoms with Crippen LogP contribution >= 0.6 is 0 Å². The molecule has 3 aromatic rings. The number of urea groups is 1. The van der Waals surface area contributed by atoms with Crippen molar-refractivity contribution in [1.82, 2.24) is 15.5 Å². The number of likely N-dealkylation sites (N-methyl/N-ethyl adjacent to an activating group) is 1. The molecule has 3 aromatic carbocycles. The van der Waals surface area contributed by atoms with Crippen molar-refractivity contribution in [3.63, 3.8) is 0 Å². The van der Waals surface area contributed by atoms with Gasteiger partial charge >= 0.3 is 6.03 Å². The van der Waals surface area contributed by atoms with Gasteiger partial charge in [0.05, 0.1) is 18.7 Å². The summed E-state index contributed by atoms with van der Waals surface area (Å²) in [7, 11) is 1.95. The lowest BCUT2D eigenvalue weighted by Gasteiger charge is -2.30. The van der Waals surface area contributed by atoms with Crippen molar-refractivity contribution in [2.24, 2.45) is 0 Å². The second-order valence-corrected chi connectivity index (χ2v) is 10.4. The highest BCUT2D eigenvalue weighted by atomic mass is 16.3. The molecule has 0 spiro atoms. The number of aliphatic hydroxyl groups excluding tert-OH is 1. The van der Waals surface area contributed by atoms with Gasteiger partial charge in [0, 0.05) is 25.8 Å². The average molecular weight is 515 g/mol. The quantitative estimate of drug-likeness (QED) is 0.362. The summed E-state index contributed by atoms with van der Waals surface area (Å²) in [5.41, 5.74) is 4.27. The summed E-state index contributed by atoms with van der Waals surface area (Å²) >= 11 is 0. The van der Waals surface area contributed by atoms with E-state index in [9.17, 15) is 14.7 Å². The predicted octanol–water partition coefficient (Wildman–Crippen LogP) is 3.93. The maximum Gasteiger partial charge on any atom is 0.318 e. The molecule has 4 rings (SSSR count). The Morgan fingerprint density at radius 2 is 1.68 bits per heavy atom. The van der Waals surface area contributed by atoms with E-state index in [1.807, 2.05) is 84.7 Å². The van der Waals surface area contributed by atoms with Gasteiger partial charge in [0.25, 0.3) is 0 Å². The van der Waals surface area contributed by atoms with E-state index in [4.69, 9.17) is 0 Å². The minimum absolute atomic E-state index is 0.265. The van der Waals surface area contributed by atoms with E-state index in [0.717, 1.165) is 16.8 Å². The number of nitrogens with zero attached hydrogens (tertiary/aromatic N) is 2. The zero-order chi connectivity index (χ0) is 27.1. The van der Waals surface area contributed by atoms with Gasteiger partial charge in [0.2, 0.25) is 5.91 Å². The third-order valence-corrected chi connectivity index (χ3v) is 7.05. The number of hydrogen-bond acceptors (Lipinski definition) is 4. The molecule has 0 bridgehead atoms. The van der Waals surface area contributed by atoms with Crippen LogP contribution in [0, 0.1) is 0 Å². The fourth-order valence-corrected chi connectivity index (χ4v) is 4.75. The molecule has 7 nitrogen and oxygen atoms in total. The van der Waals surface area contributed by atoms with Gasteiger partial charge in [-0.15, -0.1) is 0 Å². The van der Waals surface area contributed by atoms with E-state index in [-0.39, 0.29) is 18.5 Å². The number of nitrogens with one attached hydrogen (secondary N) is 2. The van der Waals surface area contributed by atoms with Crippen molar-refractivity contribution in [2.45, 2.75) is 50.9 Å². The predicted molar refractivity (Wildman–Crippen MR) is 151 cm³/mol. The second-order valence-electron chi connectivity index (χ2n) is 10.4. The van der Waals surface area contributed by atoms with Gasteiger partial charge < -0.3 is 25.5 Å². The van der Waals surface area contributed by atoms with Crippen molar-refractivity contribution in [2.75, 3.05) is 25.0 Å². The normalized spacial score (nSPS) is 16.7. The van der Waals surface area contributed by atoms with Crippen molar-refractivity contribution >= 4 is 17.6 Å². The number of carbonyl (C=O) groups excluding carboxylic acids is 2. The molecule has 1 aliphatic heterocycles. The Bertz CT molecular complexity index is 1200. The van der Waals surface area contributed by atoms with Crippen molar-refractivity contribution < 1.29 is 14.7 Å². The van der Waals surface area contributed by atoms with Gasteiger partial charge in [0.1, 0.15) is 6.04 Å². The minimum atomic E-state index is -0.829. The van der Waals surface area contributed by atoms with Gasteiger partial charge in [-0.2, -0.15) is 0 Å². The molecule has 200 valence electrons. The van der Waals surface area contributed by atoms with E-state index in [0.29, 0.717) is 25.4 Å². The van der Waals surface area contributed by atoms with Crippen LogP contribution in [0.3, 0.4) is 0 Å². The lowest BCUT2D eigenvalue weighted by Crippen LogP contribution is -2.53. The van der Waals surface area contributed by atoms with Crippen LogP contribution in [-0.2, 0) is 17.8 Å². The largest absolute Gasteiger partial charge is 0.389 e. The lowest BCUT2D eigenvalue weighted by molar-refractivity contribution is -0.124. The smallest absolute Gasteiger partial charge is 0.318 e. The highest BCUT2D eigenvalue weighted by Gasteiger charge is 2.35. The molecule has 1 saturated heterocycles. The Balaban J connectivity index is 1.43. The molecule has 3 atom stereocenters. The maximum absolute atomic E-state index is 13.3. The standard InChI is InChI=1S/C31H38N4O3/c1-22(2)25-15-10-16-26(18-25)34(3)21-29(36)27(17-23-11-6-4-7-12-23)32-30(37)28-20-35(31(38)33-28)19-24-13-8-5-9-14-24/h4-16,18,22,27-29,36H,17,19-21H2,1-3H3,(H,32,37)(H,33,38)/t27-,28-,29+/m0/s1. The van der Waals surface area contributed by atoms with Gasteiger partial charge in [-0.3, -0.25) is 4.79 Å². The second kappa shape index (κ2) is 12.6. The van der Waals surface area contributed by atoms with Crippen LogP contribution in [0.2, 0.25) is 0 Å². The van der Waals surface area contributed by atoms with Gasteiger partial charge in [-0.05, 0) is 41.2 Å². The number of hydrogen-bond donors (Lipinski definition) is 3. The number of anilines is 1. The van der Waals surface area contributed by atoms with Crippen LogP contribution in [0.4, 0.5) is 10.5 Å². The van der Waals surface area contributed by atoms with Gasteiger partial charge in [-0.25, -0.2) is 4.79 Å². The minimum Gasteiger partial charge on any atom is -0.389 e. The third-order valence-electron chi connectivity index (χ3n) is 7.05. The zero-order valence-electron chi connectivity index (χ0n) is 22.4. The molecule has 3 N–H and O–H groups in total. The van der Waals surface area contributed by atoms with Gasteiger partial charge in [-0.1, -0.05) is 86.6 Å². The highest BCUT2D eigenvalue weighted by Crippen LogP contribution is 2.21. The van der Waals surface area contributed by atoms with Crippen LogP contribution in [0.1, 0.15) is 36.5 Å². The zero-order valence-corrected chi connectivity index (χ0v) is 22.4. The van der Waals surface area contributed by atoms with Crippen LogP contribution < -0.4 is 15.5 Å². The maximum atomic E-state index is 13.3. The van der Waals surface area contributed by atoms with E-state index in [2.05, 4.69) is 36.6 Å². The van der Waals surface area contributed by atoms with Crippen LogP contribution in [-0.4, -0.2) is 60.3 Å². The number of carbonyl (C=O) groups is 2. The Labute approximate surface area is 225 Å². The molecule has 0 aliphatic carbocycles. The molecule has 1 heterocycles. The summed E-state index contributed by atoms with van der Waals surface area (Å²) in [6.07, 6.45) is -0.355. The fraction of sp³-hybridized carbons (Fsp3) is 0.355. The molecule has 1 aliphatic rings. The molecule has 38 heavy (non-hydrogen) atoms. The van der Waals surface area contributed by atoms with E-state index in [1.165, 1.54) is 5.56 Å². The summed E-state index contributed by atoms with van der Waals surface area (Å²) in [4.78, 5) is 29.5. The Kier molecular flexibility index (Phi) is 9.02. The molecule has 3 amide bonds. The topological polar surface area (TPSA) is 84.9 Å².